The number of ether oxygens (including phenoxy) is 1. The van der Waals surface area contributed by atoms with Crippen molar-refractivity contribution in [2.75, 3.05) is 36.9 Å². The normalized spacial score (nSPS) is 16.2. The topological polar surface area (TPSA) is 38.5 Å². The Hall–Kier alpha value is -1.22. The number of nitrogen functional groups attached to an aromatic ring is 1. The molecule has 0 spiro atoms. The van der Waals surface area contributed by atoms with Crippen molar-refractivity contribution >= 4 is 11.4 Å². The lowest BCUT2D eigenvalue weighted by molar-refractivity contribution is 0.122. The van der Waals surface area contributed by atoms with Gasteiger partial charge in [-0.3, -0.25) is 0 Å². The molecule has 1 aromatic rings. The second-order valence-corrected chi connectivity index (χ2v) is 4.59. The number of hydrogen-bond donors (Lipinski definition) is 1. The van der Waals surface area contributed by atoms with E-state index in [4.69, 9.17) is 10.5 Å². The third kappa shape index (κ3) is 3.13. The summed E-state index contributed by atoms with van der Waals surface area (Å²) >= 11 is 0. The molecule has 3 nitrogen and oxygen atoms in total. The van der Waals surface area contributed by atoms with E-state index in [0.717, 1.165) is 38.4 Å². The monoisotopic (exact) mass is 234 g/mol. The molecule has 0 radical (unpaired) electrons. The molecule has 0 aliphatic carbocycles. The number of rotatable bonds is 4. The summed E-state index contributed by atoms with van der Waals surface area (Å²) in [6.07, 6.45) is 3.50. The van der Waals surface area contributed by atoms with E-state index in [-0.39, 0.29) is 0 Å². The van der Waals surface area contributed by atoms with Crippen LogP contribution in [0.4, 0.5) is 11.4 Å². The summed E-state index contributed by atoms with van der Waals surface area (Å²) in [6, 6.07) is 6.40. The highest BCUT2D eigenvalue weighted by Crippen LogP contribution is 2.23. The van der Waals surface area contributed by atoms with E-state index in [0.29, 0.717) is 0 Å². The lowest BCUT2D eigenvalue weighted by Crippen LogP contribution is -2.36. The van der Waals surface area contributed by atoms with Gasteiger partial charge in [-0.25, -0.2) is 0 Å². The number of nitrogens with two attached hydrogens (primary N) is 1. The maximum Gasteiger partial charge on any atom is 0.0642 e. The largest absolute Gasteiger partial charge is 0.399 e. The molecule has 17 heavy (non-hydrogen) atoms. The summed E-state index contributed by atoms with van der Waals surface area (Å²) < 4.78 is 5.37. The fourth-order valence-electron chi connectivity index (χ4n) is 2.19. The first-order valence-electron chi connectivity index (χ1n) is 6.52. The van der Waals surface area contributed by atoms with Crippen LogP contribution in [0.3, 0.4) is 0 Å². The summed E-state index contributed by atoms with van der Waals surface area (Å²) in [6.45, 7) is 5.83. The molecule has 1 aliphatic heterocycles. The van der Waals surface area contributed by atoms with E-state index in [2.05, 4.69) is 24.0 Å². The third-order valence-electron chi connectivity index (χ3n) is 3.30. The van der Waals surface area contributed by atoms with Crippen molar-refractivity contribution < 1.29 is 4.74 Å². The number of morpholine rings is 1. The van der Waals surface area contributed by atoms with Crippen molar-refractivity contribution in [2.24, 2.45) is 0 Å². The molecule has 94 valence electrons. The summed E-state index contributed by atoms with van der Waals surface area (Å²) in [4.78, 5) is 2.37. The van der Waals surface area contributed by atoms with Gasteiger partial charge in [0.2, 0.25) is 0 Å². The van der Waals surface area contributed by atoms with Gasteiger partial charge in [-0.15, -0.1) is 0 Å². The van der Waals surface area contributed by atoms with Gasteiger partial charge in [0.15, 0.2) is 0 Å². The van der Waals surface area contributed by atoms with Gasteiger partial charge >= 0.3 is 0 Å². The number of benzene rings is 1. The lowest BCUT2D eigenvalue weighted by Gasteiger charge is -2.29. The Balaban J connectivity index is 2.11. The minimum atomic E-state index is 0.828. The van der Waals surface area contributed by atoms with Crippen LogP contribution in [-0.4, -0.2) is 26.3 Å². The highest BCUT2D eigenvalue weighted by atomic mass is 16.5. The second-order valence-electron chi connectivity index (χ2n) is 4.59. The van der Waals surface area contributed by atoms with Crippen LogP contribution < -0.4 is 10.6 Å². The van der Waals surface area contributed by atoms with Crippen molar-refractivity contribution in [1.29, 1.82) is 0 Å². The van der Waals surface area contributed by atoms with E-state index in [1.54, 1.807) is 0 Å². The Kier molecular flexibility index (Phi) is 4.26. The van der Waals surface area contributed by atoms with Crippen LogP contribution in [0.25, 0.3) is 0 Å². The minimum Gasteiger partial charge on any atom is -0.399 e. The van der Waals surface area contributed by atoms with Gasteiger partial charge < -0.3 is 15.4 Å². The molecule has 0 bridgehead atoms. The van der Waals surface area contributed by atoms with Gasteiger partial charge in [0.1, 0.15) is 0 Å². The molecule has 2 N–H and O–H groups in total. The Morgan fingerprint density at radius 2 is 2.06 bits per heavy atom. The molecular formula is C14H22N2O. The third-order valence-corrected chi connectivity index (χ3v) is 3.30. The van der Waals surface area contributed by atoms with Crippen molar-refractivity contribution in [3.05, 3.63) is 23.8 Å². The van der Waals surface area contributed by atoms with Crippen LogP contribution in [0, 0.1) is 0 Å². The zero-order valence-corrected chi connectivity index (χ0v) is 10.6. The number of hydrogen-bond acceptors (Lipinski definition) is 3. The van der Waals surface area contributed by atoms with Crippen molar-refractivity contribution in [1.82, 2.24) is 0 Å². The van der Waals surface area contributed by atoms with Gasteiger partial charge in [-0.05, 0) is 36.6 Å². The average molecular weight is 234 g/mol. The molecule has 1 fully saturated rings. The molecule has 1 aliphatic rings. The predicted molar refractivity (Wildman–Crippen MR) is 72.5 cm³/mol. The number of aryl methyl sites for hydroxylation is 1. The smallest absolute Gasteiger partial charge is 0.0642 e. The standard InChI is InChI=1S/C14H22N2O/c1-2-3-4-12-11-13(5-6-14(12)15)16-7-9-17-10-8-16/h5-6,11H,2-4,7-10,15H2,1H3. The fourth-order valence-corrected chi connectivity index (χ4v) is 2.19. The predicted octanol–water partition coefficient (Wildman–Crippen LogP) is 2.45. The zero-order chi connectivity index (χ0) is 12.1. The van der Waals surface area contributed by atoms with Gasteiger partial charge in [0.25, 0.3) is 0 Å². The maximum atomic E-state index is 6.02. The summed E-state index contributed by atoms with van der Waals surface area (Å²) in [5.41, 5.74) is 9.52. The zero-order valence-electron chi connectivity index (χ0n) is 10.6. The van der Waals surface area contributed by atoms with Crippen LogP contribution in [0.15, 0.2) is 18.2 Å². The van der Waals surface area contributed by atoms with Crippen LogP contribution in [0.5, 0.6) is 0 Å². The molecule has 2 rings (SSSR count). The van der Waals surface area contributed by atoms with Gasteiger partial charge in [-0.1, -0.05) is 13.3 Å². The van der Waals surface area contributed by atoms with Gasteiger partial charge in [0.05, 0.1) is 13.2 Å². The quantitative estimate of drug-likeness (QED) is 0.813. The molecular weight excluding hydrogens is 212 g/mol. The average Bonchev–Trinajstić information content (AvgIpc) is 2.39. The Bertz CT molecular complexity index is 359. The number of unbranched alkanes of at least 4 members (excludes halogenated alkanes) is 1. The van der Waals surface area contributed by atoms with Crippen molar-refractivity contribution in [2.45, 2.75) is 26.2 Å². The highest BCUT2D eigenvalue weighted by molar-refractivity contribution is 5.58. The number of anilines is 2. The maximum absolute atomic E-state index is 6.02. The van der Waals surface area contributed by atoms with E-state index >= 15 is 0 Å². The summed E-state index contributed by atoms with van der Waals surface area (Å²) in [7, 11) is 0. The molecule has 0 unspecified atom stereocenters. The molecule has 1 heterocycles. The second kappa shape index (κ2) is 5.92. The molecule has 3 heteroatoms. The fraction of sp³-hybridized carbons (Fsp3) is 0.571. The first-order valence-corrected chi connectivity index (χ1v) is 6.52. The molecule has 1 aromatic carbocycles. The Labute approximate surface area is 104 Å². The molecule has 0 amide bonds. The van der Waals surface area contributed by atoms with Crippen LogP contribution in [0.2, 0.25) is 0 Å². The van der Waals surface area contributed by atoms with Crippen molar-refractivity contribution in [3.63, 3.8) is 0 Å². The molecule has 0 aromatic heterocycles. The van der Waals surface area contributed by atoms with Gasteiger partial charge in [0, 0.05) is 24.5 Å². The van der Waals surface area contributed by atoms with E-state index in [9.17, 15) is 0 Å². The van der Waals surface area contributed by atoms with E-state index in [1.165, 1.54) is 24.1 Å². The summed E-state index contributed by atoms with van der Waals surface area (Å²) in [5.74, 6) is 0. The van der Waals surface area contributed by atoms with Crippen molar-refractivity contribution in [3.8, 4) is 0 Å². The Morgan fingerprint density at radius 3 is 2.76 bits per heavy atom. The van der Waals surface area contributed by atoms with Crippen LogP contribution in [-0.2, 0) is 11.2 Å². The molecule has 0 atom stereocenters. The summed E-state index contributed by atoms with van der Waals surface area (Å²) in [5, 5.41) is 0. The Morgan fingerprint density at radius 1 is 1.29 bits per heavy atom. The highest BCUT2D eigenvalue weighted by Gasteiger charge is 2.12. The van der Waals surface area contributed by atoms with Crippen LogP contribution >= 0.6 is 0 Å². The SMILES string of the molecule is CCCCc1cc(N2CCOCC2)ccc1N. The van der Waals surface area contributed by atoms with Gasteiger partial charge in [-0.2, -0.15) is 0 Å². The molecule has 0 saturated carbocycles. The van der Waals surface area contributed by atoms with E-state index in [1.807, 2.05) is 6.07 Å². The first kappa shape index (κ1) is 12.2. The van der Waals surface area contributed by atoms with E-state index < -0.39 is 0 Å². The first-order chi connectivity index (χ1) is 8.31. The lowest BCUT2D eigenvalue weighted by atomic mass is 10.1. The van der Waals surface area contributed by atoms with Crippen LogP contribution in [0.1, 0.15) is 25.3 Å². The number of nitrogens with zero attached hydrogens (tertiary/aromatic N) is 1. The molecule has 1 saturated heterocycles. The minimum absolute atomic E-state index is 0.828.